The van der Waals surface area contributed by atoms with Crippen molar-refractivity contribution in [3.63, 3.8) is 0 Å². The number of rotatable bonds is 4. The van der Waals surface area contributed by atoms with Crippen LogP contribution in [0, 0.1) is 11.8 Å². The van der Waals surface area contributed by atoms with E-state index in [-0.39, 0.29) is 11.8 Å². The summed E-state index contributed by atoms with van der Waals surface area (Å²) in [7, 11) is 4.42. The van der Waals surface area contributed by atoms with Gasteiger partial charge in [-0.3, -0.25) is 24.2 Å². The fourth-order valence-corrected chi connectivity index (χ4v) is 6.32. The molecule has 13 heteroatoms. The predicted octanol–water partition coefficient (Wildman–Crippen LogP) is 3.94. The molecule has 1 N–H and O–H groups in total. The molecule has 0 aromatic heterocycles. The molecule has 3 fully saturated rings. The maximum Gasteiger partial charge on any atom is 0.490 e. The Morgan fingerprint density at radius 1 is 1.10 bits per heavy atom. The monoisotopic (exact) mass is 582 g/mol. The van der Waals surface area contributed by atoms with Gasteiger partial charge in [0, 0.05) is 23.7 Å². The van der Waals surface area contributed by atoms with Crippen LogP contribution < -0.4 is 4.74 Å². The second kappa shape index (κ2) is 10.7. The summed E-state index contributed by atoms with van der Waals surface area (Å²) in [6.07, 6.45) is -3.85. The number of halogens is 4. The van der Waals surface area contributed by atoms with Crippen LogP contribution in [0.2, 0.25) is 5.02 Å². The molecule has 3 heterocycles. The molecule has 5 rings (SSSR count). The lowest BCUT2D eigenvalue weighted by Gasteiger charge is -2.35. The number of aliphatic carboxylic acids is 1. The van der Waals surface area contributed by atoms with Gasteiger partial charge in [-0.25, -0.2) is 4.79 Å². The van der Waals surface area contributed by atoms with Gasteiger partial charge in [0.1, 0.15) is 11.3 Å². The van der Waals surface area contributed by atoms with E-state index in [1.807, 2.05) is 47.4 Å². The van der Waals surface area contributed by atoms with Crippen LogP contribution in [0.25, 0.3) is 11.1 Å². The van der Waals surface area contributed by atoms with Crippen molar-refractivity contribution in [2.24, 2.45) is 11.8 Å². The molecule has 4 atom stereocenters. The fourth-order valence-electron chi connectivity index (χ4n) is 6.13. The van der Waals surface area contributed by atoms with Crippen LogP contribution in [-0.2, 0) is 23.9 Å². The van der Waals surface area contributed by atoms with Crippen molar-refractivity contribution < 1.29 is 46.9 Å². The number of carbonyl (C=O) groups is 4. The first kappa shape index (κ1) is 29.3. The molecule has 2 aromatic rings. The highest BCUT2D eigenvalue weighted by atomic mass is 35.5. The largest absolute Gasteiger partial charge is 0.496 e. The van der Waals surface area contributed by atoms with Crippen LogP contribution in [0.5, 0.6) is 5.75 Å². The number of ether oxygens (including phenoxy) is 2. The first-order valence-electron chi connectivity index (χ1n) is 12.2. The lowest BCUT2D eigenvalue weighted by molar-refractivity contribution is -0.192. The standard InChI is InChI=1S/C25H25ClN2O5.C2HF3O2/c1-27-22(29)19-20(23(27)30)25(24(31)33-3)10-5-11-28(25)21(19)15-8-9-17(18(13-15)32-2)14-6-4-7-16(26)12-14;3-2(4,5)1(6)7/h4,6-9,12-13,19-21H,5,10-11H2,1-3H3;(H,6,7)/t19-,20-,21+,25-;/m0./s1. The maximum atomic E-state index is 13.2. The van der Waals surface area contributed by atoms with Gasteiger partial charge in [0.2, 0.25) is 11.8 Å². The number of hydrogen-bond acceptors (Lipinski definition) is 7. The van der Waals surface area contributed by atoms with Crippen molar-refractivity contribution in [1.82, 2.24) is 9.80 Å². The van der Waals surface area contributed by atoms with Crippen molar-refractivity contribution in [1.29, 1.82) is 0 Å². The Labute approximate surface area is 232 Å². The summed E-state index contributed by atoms with van der Waals surface area (Å²) >= 11 is 6.18. The van der Waals surface area contributed by atoms with Crippen LogP contribution >= 0.6 is 11.6 Å². The summed E-state index contributed by atoms with van der Waals surface area (Å²) in [5, 5.41) is 7.75. The zero-order valence-electron chi connectivity index (χ0n) is 21.7. The molecular weight excluding hydrogens is 557 g/mol. The molecule has 214 valence electrons. The molecule has 2 aromatic carbocycles. The normalized spacial score (nSPS) is 25.7. The Kier molecular flexibility index (Phi) is 7.88. The summed E-state index contributed by atoms with van der Waals surface area (Å²) in [6.45, 7) is 0.607. The average molecular weight is 583 g/mol. The SMILES string of the molecule is COC(=O)[C@@]12CCCN1[C@H](c1ccc(-c3cccc(Cl)c3)c(OC)c1)[C@H]1C(=O)N(C)C(=O)[C@H]12.O=C(O)C(F)(F)F. The Morgan fingerprint density at radius 2 is 1.77 bits per heavy atom. The van der Waals surface area contributed by atoms with E-state index in [0.29, 0.717) is 23.7 Å². The van der Waals surface area contributed by atoms with Crippen molar-refractivity contribution >= 4 is 35.4 Å². The highest BCUT2D eigenvalue weighted by molar-refractivity contribution is 6.30. The number of alkyl halides is 3. The number of imide groups is 1. The van der Waals surface area contributed by atoms with Crippen LogP contribution in [0.15, 0.2) is 42.5 Å². The minimum atomic E-state index is -5.08. The summed E-state index contributed by atoms with van der Waals surface area (Å²) in [5.74, 6) is -4.55. The van der Waals surface area contributed by atoms with E-state index in [1.165, 1.54) is 19.1 Å². The van der Waals surface area contributed by atoms with Gasteiger partial charge in [0.25, 0.3) is 0 Å². The second-order valence-electron chi connectivity index (χ2n) is 9.67. The van der Waals surface area contributed by atoms with E-state index in [1.54, 1.807) is 7.11 Å². The summed E-state index contributed by atoms with van der Waals surface area (Å²) in [5.41, 5.74) is 1.48. The average Bonchev–Trinajstić information content (AvgIpc) is 3.53. The molecule has 0 spiro atoms. The number of benzene rings is 2. The van der Waals surface area contributed by atoms with Crippen LogP contribution in [0.1, 0.15) is 24.4 Å². The van der Waals surface area contributed by atoms with Gasteiger partial charge < -0.3 is 14.6 Å². The number of likely N-dealkylation sites (tertiary alicyclic amines) is 1. The minimum absolute atomic E-state index is 0.259. The van der Waals surface area contributed by atoms with Gasteiger partial charge in [0.15, 0.2) is 0 Å². The number of carboxylic acids is 1. The molecule has 0 saturated carbocycles. The quantitative estimate of drug-likeness (QED) is 0.426. The third-order valence-electron chi connectivity index (χ3n) is 7.72. The molecule has 3 aliphatic heterocycles. The molecule has 0 aliphatic carbocycles. The summed E-state index contributed by atoms with van der Waals surface area (Å²) < 4.78 is 42.6. The van der Waals surface area contributed by atoms with Crippen LogP contribution in [0.3, 0.4) is 0 Å². The number of nitrogens with zero attached hydrogens (tertiary/aromatic N) is 2. The fraction of sp³-hybridized carbons (Fsp3) is 0.407. The van der Waals surface area contributed by atoms with Gasteiger partial charge in [-0.2, -0.15) is 13.2 Å². The number of carbonyl (C=O) groups excluding carboxylic acids is 3. The third kappa shape index (κ3) is 4.68. The molecule has 0 radical (unpaired) electrons. The highest BCUT2D eigenvalue weighted by Gasteiger charge is 2.73. The molecule has 2 amide bonds. The Morgan fingerprint density at radius 3 is 2.35 bits per heavy atom. The smallest absolute Gasteiger partial charge is 0.490 e. The van der Waals surface area contributed by atoms with E-state index in [0.717, 1.165) is 23.1 Å². The van der Waals surface area contributed by atoms with E-state index in [9.17, 15) is 27.6 Å². The van der Waals surface area contributed by atoms with E-state index in [2.05, 4.69) is 0 Å². The van der Waals surface area contributed by atoms with Crippen molar-refractivity contribution in [2.75, 3.05) is 27.8 Å². The number of carboxylic acid groups (broad SMARTS) is 1. The van der Waals surface area contributed by atoms with E-state index >= 15 is 0 Å². The second-order valence-corrected chi connectivity index (χ2v) is 10.1. The lowest BCUT2D eigenvalue weighted by atomic mass is 9.77. The summed E-state index contributed by atoms with van der Waals surface area (Å²) in [4.78, 5) is 51.6. The van der Waals surface area contributed by atoms with Crippen LogP contribution in [-0.4, -0.2) is 78.2 Å². The Bertz CT molecular complexity index is 1370. The molecule has 0 bridgehead atoms. The van der Waals surface area contributed by atoms with Crippen LogP contribution in [0.4, 0.5) is 13.2 Å². The van der Waals surface area contributed by atoms with Crippen molar-refractivity contribution in [3.8, 4) is 16.9 Å². The molecule has 0 unspecified atom stereocenters. The number of amides is 2. The number of hydrogen-bond donors (Lipinski definition) is 1. The van der Waals surface area contributed by atoms with Gasteiger partial charge in [-0.05, 0) is 48.7 Å². The minimum Gasteiger partial charge on any atom is -0.496 e. The highest BCUT2D eigenvalue weighted by Crippen LogP contribution is 2.59. The first-order chi connectivity index (χ1) is 18.8. The van der Waals surface area contributed by atoms with Crippen molar-refractivity contribution in [3.05, 3.63) is 53.1 Å². The van der Waals surface area contributed by atoms with Gasteiger partial charge in [-0.15, -0.1) is 0 Å². The summed E-state index contributed by atoms with van der Waals surface area (Å²) in [6, 6.07) is 12.9. The number of esters is 1. The predicted molar refractivity (Wildman–Crippen MR) is 135 cm³/mol. The molecule has 40 heavy (non-hydrogen) atoms. The Hall–Kier alpha value is -3.64. The zero-order chi connectivity index (χ0) is 29.6. The lowest BCUT2D eigenvalue weighted by Crippen LogP contribution is -2.54. The third-order valence-corrected chi connectivity index (χ3v) is 7.95. The molecule has 3 aliphatic rings. The van der Waals surface area contributed by atoms with E-state index < -0.39 is 41.5 Å². The zero-order valence-corrected chi connectivity index (χ0v) is 22.5. The first-order valence-corrected chi connectivity index (χ1v) is 12.6. The van der Waals surface area contributed by atoms with E-state index in [4.69, 9.17) is 31.0 Å². The molecule has 9 nitrogen and oxygen atoms in total. The van der Waals surface area contributed by atoms with Gasteiger partial charge in [-0.1, -0.05) is 35.9 Å². The number of fused-ring (bicyclic) bond motifs is 3. The maximum absolute atomic E-state index is 13.2. The molecular formula is C27H26ClF3N2O7. The topological polar surface area (TPSA) is 113 Å². The molecule has 3 saturated heterocycles. The Balaban J connectivity index is 0.000000470. The van der Waals surface area contributed by atoms with Crippen molar-refractivity contribution in [2.45, 2.75) is 30.6 Å². The van der Waals surface area contributed by atoms with Gasteiger partial charge in [0.05, 0.1) is 26.1 Å². The number of methoxy groups -OCH3 is 2. The van der Waals surface area contributed by atoms with Gasteiger partial charge >= 0.3 is 18.1 Å².